The lowest BCUT2D eigenvalue weighted by molar-refractivity contribution is 0.233. The van der Waals surface area contributed by atoms with Crippen LogP contribution in [0.2, 0.25) is 0 Å². The van der Waals surface area contributed by atoms with Gasteiger partial charge in [-0.25, -0.2) is 0 Å². The van der Waals surface area contributed by atoms with E-state index in [1.807, 2.05) is 6.07 Å². The van der Waals surface area contributed by atoms with E-state index >= 15 is 0 Å². The number of hydrogen-bond acceptors (Lipinski definition) is 3. The Kier molecular flexibility index (Phi) is 6.07. The Morgan fingerprint density at radius 1 is 1.39 bits per heavy atom. The molecule has 0 radical (unpaired) electrons. The third-order valence-electron chi connectivity index (χ3n) is 3.17. The summed E-state index contributed by atoms with van der Waals surface area (Å²) in [4.78, 5) is 0. The van der Waals surface area contributed by atoms with Gasteiger partial charge in [-0.1, -0.05) is 33.1 Å². The fraction of sp³-hybridized carbons (Fsp3) is 0.533. The van der Waals surface area contributed by atoms with Crippen LogP contribution in [0.5, 0.6) is 5.75 Å². The number of anilines is 1. The van der Waals surface area contributed by atoms with Gasteiger partial charge in [-0.2, -0.15) is 5.26 Å². The minimum absolute atomic E-state index is 0.483. The van der Waals surface area contributed by atoms with Crippen LogP contribution < -0.4 is 10.5 Å². The molecule has 0 bridgehead atoms. The number of nitrogens with two attached hydrogens (primary N) is 1. The predicted molar refractivity (Wildman–Crippen MR) is 74.4 cm³/mol. The first-order valence-electron chi connectivity index (χ1n) is 6.63. The van der Waals surface area contributed by atoms with Gasteiger partial charge in [0.2, 0.25) is 0 Å². The Hall–Kier alpha value is -1.69. The van der Waals surface area contributed by atoms with Gasteiger partial charge in [0.25, 0.3) is 0 Å². The van der Waals surface area contributed by atoms with Crippen molar-refractivity contribution in [3.05, 3.63) is 23.8 Å². The van der Waals surface area contributed by atoms with Crippen molar-refractivity contribution in [1.29, 1.82) is 5.26 Å². The summed E-state index contributed by atoms with van der Waals surface area (Å²) < 4.78 is 5.75. The third kappa shape index (κ3) is 4.29. The maximum Gasteiger partial charge on any atom is 0.121 e. The van der Waals surface area contributed by atoms with Gasteiger partial charge in [0.15, 0.2) is 0 Å². The Morgan fingerprint density at radius 3 is 2.72 bits per heavy atom. The average Bonchev–Trinajstić information content (AvgIpc) is 2.39. The first-order chi connectivity index (χ1) is 8.71. The van der Waals surface area contributed by atoms with Gasteiger partial charge in [-0.05, 0) is 24.5 Å². The zero-order valence-electron chi connectivity index (χ0n) is 11.3. The molecular weight excluding hydrogens is 224 g/mol. The number of nitrogen functional groups attached to an aromatic ring is 1. The van der Waals surface area contributed by atoms with E-state index in [-0.39, 0.29) is 0 Å². The predicted octanol–water partition coefficient (Wildman–Crippen LogP) is 3.74. The van der Waals surface area contributed by atoms with Gasteiger partial charge < -0.3 is 10.5 Å². The third-order valence-corrected chi connectivity index (χ3v) is 3.17. The van der Waals surface area contributed by atoms with Crippen molar-refractivity contribution in [1.82, 2.24) is 0 Å². The van der Waals surface area contributed by atoms with Crippen molar-refractivity contribution < 1.29 is 4.74 Å². The summed E-state index contributed by atoms with van der Waals surface area (Å²) in [5.41, 5.74) is 6.73. The highest BCUT2D eigenvalue weighted by Crippen LogP contribution is 2.21. The molecule has 0 heterocycles. The first-order valence-corrected chi connectivity index (χ1v) is 6.63. The van der Waals surface area contributed by atoms with Crippen LogP contribution in [0.15, 0.2) is 18.2 Å². The summed E-state index contributed by atoms with van der Waals surface area (Å²) in [5, 5.41) is 8.79. The fourth-order valence-electron chi connectivity index (χ4n) is 1.84. The van der Waals surface area contributed by atoms with Gasteiger partial charge >= 0.3 is 0 Å². The van der Waals surface area contributed by atoms with E-state index in [4.69, 9.17) is 15.7 Å². The summed E-state index contributed by atoms with van der Waals surface area (Å²) in [5.74, 6) is 1.35. The highest BCUT2D eigenvalue weighted by atomic mass is 16.5. The molecule has 98 valence electrons. The smallest absolute Gasteiger partial charge is 0.121 e. The van der Waals surface area contributed by atoms with Crippen LogP contribution >= 0.6 is 0 Å². The molecule has 0 aliphatic rings. The van der Waals surface area contributed by atoms with Gasteiger partial charge in [0.05, 0.1) is 17.9 Å². The molecule has 0 aliphatic carbocycles. The Balaban J connectivity index is 2.52. The number of nitriles is 1. The fourth-order valence-corrected chi connectivity index (χ4v) is 1.84. The highest BCUT2D eigenvalue weighted by molar-refractivity contribution is 5.56. The second-order valence-electron chi connectivity index (χ2n) is 4.59. The molecule has 1 aromatic rings. The summed E-state index contributed by atoms with van der Waals surface area (Å²) in [6, 6.07) is 7.29. The molecule has 0 spiro atoms. The molecule has 0 amide bonds. The van der Waals surface area contributed by atoms with E-state index in [1.54, 1.807) is 18.2 Å². The molecule has 0 fully saturated rings. The molecule has 3 heteroatoms. The lowest BCUT2D eigenvalue weighted by Gasteiger charge is -2.15. The maximum atomic E-state index is 8.79. The van der Waals surface area contributed by atoms with Crippen LogP contribution in [-0.2, 0) is 0 Å². The molecule has 1 unspecified atom stereocenters. The topological polar surface area (TPSA) is 59.0 Å². The zero-order chi connectivity index (χ0) is 13.4. The van der Waals surface area contributed by atoms with Gasteiger partial charge in [0, 0.05) is 6.07 Å². The Bertz CT molecular complexity index is 409. The molecule has 1 atom stereocenters. The van der Waals surface area contributed by atoms with Gasteiger partial charge in [-0.3, -0.25) is 0 Å². The summed E-state index contributed by atoms with van der Waals surface area (Å²) in [6.07, 6.45) is 4.81. The van der Waals surface area contributed by atoms with Crippen LogP contribution in [0.25, 0.3) is 0 Å². The van der Waals surface area contributed by atoms with Crippen LogP contribution in [0.3, 0.4) is 0 Å². The molecule has 2 N–H and O–H groups in total. The molecular formula is C15H22N2O. The van der Waals surface area contributed by atoms with E-state index in [1.165, 1.54) is 19.3 Å². The Morgan fingerprint density at radius 2 is 2.17 bits per heavy atom. The quantitative estimate of drug-likeness (QED) is 0.746. The van der Waals surface area contributed by atoms with Crippen LogP contribution in [0.4, 0.5) is 5.69 Å². The second kappa shape index (κ2) is 7.60. The van der Waals surface area contributed by atoms with Crippen molar-refractivity contribution in [2.24, 2.45) is 5.92 Å². The van der Waals surface area contributed by atoms with Crippen molar-refractivity contribution in [3.8, 4) is 11.8 Å². The average molecular weight is 246 g/mol. The molecule has 3 nitrogen and oxygen atoms in total. The van der Waals surface area contributed by atoms with Crippen molar-refractivity contribution in [3.63, 3.8) is 0 Å². The monoisotopic (exact) mass is 246 g/mol. The minimum Gasteiger partial charge on any atom is -0.493 e. The van der Waals surface area contributed by atoms with Crippen molar-refractivity contribution in [2.45, 2.75) is 39.5 Å². The lowest BCUT2D eigenvalue weighted by Crippen LogP contribution is -2.11. The van der Waals surface area contributed by atoms with E-state index in [0.717, 1.165) is 18.8 Å². The van der Waals surface area contributed by atoms with E-state index < -0.39 is 0 Å². The van der Waals surface area contributed by atoms with Gasteiger partial charge in [-0.15, -0.1) is 0 Å². The first kappa shape index (κ1) is 14.4. The number of hydrogen-bond donors (Lipinski definition) is 1. The van der Waals surface area contributed by atoms with E-state index in [2.05, 4.69) is 13.8 Å². The summed E-state index contributed by atoms with van der Waals surface area (Å²) in [7, 11) is 0. The molecule has 0 saturated carbocycles. The largest absolute Gasteiger partial charge is 0.493 e. The summed E-state index contributed by atoms with van der Waals surface area (Å²) in [6.45, 7) is 5.12. The lowest BCUT2D eigenvalue weighted by atomic mass is 10.0. The standard InChI is InChI=1S/C15H22N2O/c1-3-5-6-12(4-2)11-18-14-8-7-13(10-16)15(17)9-14/h7-9,12H,3-6,11,17H2,1-2H3. The molecule has 18 heavy (non-hydrogen) atoms. The molecule has 0 saturated heterocycles. The highest BCUT2D eigenvalue weighted by Gasteiger charge is 2.07. The number of ether oxygens (including phenoxy) is 1. The number of rotatable bonds is 7. The van der Waals surface area contributed by atoms with Gasteiger partial charge in [0.1, 0.15) is 11.8 Å². The zero-order valence-corrected chi connectivity index (χ0v) is 11.3. The van der Waals surface area contributed by atoms with Crippen molar-refractivity contribution >= 4 is 5.69 Å². The second-order valence-corrected chi connectivity index (χ2v) is 4.59. The summed E-state index contributed by atoms with van der Waals surface area (Å²) >= 11 is 0. The number of unbranched alkanes of at least 4 members (excludes halogenated alkanes) is 1. The molecule has 1 rings (SSSR count). The van der Waals surface area contributed by atoms with Crippen molar-refractivity contribution in [2.75, 3.05) is 12.3 Å². The molecule has 1 aromatic carbocycles. The maximum absolute atomic E-state index is 8.79. The number of benzene rings is 1. The molecule has 0 aromatic heterocycles. The van der Waals surface area contributed by atoms with Crippen LogP contribution in [0, 0.1) is 17.2 Å². The molecule has 0 aliphatic heterocycles. The minimum atomic E-state index is 0.483. The Labute approximate surface area is 110 Å². The van der Waals surface area contributed by atoms with Crippen LogP contribution in [-0.4, -0.2) is 6.61 Å². The van der Waals surface area contributed by atoms with Crippen LogP contribution in [0.1, 0.15) is 45.1 Å². The van der Waals surface area contributed by atoms with E-state index in [0.29, 0.717) is 17.2 Å². The number of nitrogens with zero attached hydrogens (tertiary/aromatic N) is 1. The van der Waals surface area contributed by atoms with E-state index in [9.17, 15) is 0 Å². The SMILES string of the molecule is CCCCC(CC)COc1ccc(C#N)c(N)c1. The normalized spacial score (nSPS) is 11.8.